The minimum Gasteiger partial charge on any atom is -0.496 e. The fourth-order valence-electron chi connectivity index (χ4n) is 2.98. The minimum absolute atomic E-state index is 0.393. The van der Waals surface area contributed by atoms with Gasteiger partial charge in [-0.15, -0.1) is 0 Å². The summed E-state index contributed by atoms with van der Waals surface area (Å²) in [5.74, 6) is 1.63. The topological polar surface area (TPSA) is 21.3 Å². The number of ether oxygens (including phenoxy) is 1. The van der Waals surface area contributed by atoms with E-state index in [0.29, 0.717) is 6.04 Å². The first-order valence-corrected chi connectivity index (χ1v) is 7.21. The number of benzene rings is 1. The van der Waals surface area contributed by atoms with Crippen LogP contribution in [0.5, 0.6) is 5.75 Å². The third kappa shape index (κ3) is 2.99. The largest absolute Gasteiger partial charge is 0.496 e. The molecule has 18 heavy (non-hydrogen) atoms. The van der Waals surface area contributed by atoms with Crippen LogP contribution >= 0.6 is 11.6 Å². The van der Waals surface area contributed by atoms with Gasteiger partial charge in [-0.3, -0.25) is 0 Å². The van der Waals surface area contributed by atoms with E-state index >= 15 is 0 Å². The summed E-state index contributed by atoms with van der Waals surface area (Å²) >= 11 is 6.04. The van der Waals surface area contributed by atoms with E-state index in [4.69, 9.17) is 16.3 Å². The maximum Gasteiger partial charge on any atom is 0.125 e. The molecule has 1 N–H and O–H groups in total. The van der Waals surface area contributed by atoms with Gasteiger partial charge in [0.25, 0.3) is 0 Å². The standard InChI is InChI=1S/C15H22ClNO/c1-3-17-15(11-6-4-5-7-11)13-9-8-12(16)10-14(13)18-2/h8-11,15,17H,3-7H2,1-2H3. The number of hydrogen-bond acceptors (Lipinski definition) is 2. The number of nitrogens with one attached hydrogen (secondary N) is 1. The maximum atomic E-state index is 6.04. The van der Waals surface area contributed by atoms with E-state index in [2.05, 4.69) is 18.3 Å². The van der Waals surface area contributed by atoms with Gasteiger partial charge in [0, 0.05) is 16.6 Å². The zero-order valence-electron chi connectivity index (χ0n) is 11.2. The molecule has 0 radical (unpaired) electrons. The highest BCUT2D eigenvalue weighted by Gasteiger charge is 2.27. The molecule has 1 aliphatic rings. The first kappa shape index (κ1) is 13.7. The normalized spacial score (nSPS) is 17.9. The molecule has 1 aromatic rings. The molecule has 1 fully saturated rings. The van der Waals surface area contributed by atoms with Crippen LogP contribution in [0.2, 0.25) is 5.02 Å². The Morgan fingerprint density at radius 1 is 1.39 bits per heavy atom. The van der Waals surface area contributed by atoms with Gasteiger partial charge in [-0.1, -0.05) is 37.4 Å². The van der Waals surface area contributed by atoms with Crippen molar-refractivity contribution in [3.63, 3.8) is 0 Å². The molecule has 0 heterocycles. The Kier molecular flexibility index (Phi) is 4.90. The van der Waals surface area contributed by atoms with Crippen LogP contribution in [0.25, 0.3) is 0 Å². The molecule has 0 saturated heterocycles. The molecular weight excluding hydrogens is 246 g/mol. The van der Waals surface area contributed by atoms with Crippen molar-refractivity contribution in [1.82, 2.24) is 5.32 Å². The van der Waals surface area contributed by atoms with Crippen LogP contribution in [-0.2, 0) is 0 Å². The molecule has 2 nitrogen and oxygen atoms in total. The lowest BCUT2D eigenvalue weighted by molar-refractivity contribution is 0.349. The van der Waals surface area contributed by atoms with Gasteiger partial charge >= 0.3 is 0 Å². The lowest BCUT2D eigenvalue weighted by Crippen LogP contribution is -2.27. The molecule has 1 aliphatic carbocycles. The van der Waals surface area contributed by atoms with Crippen molar-refractivity contribution in [2.75, 3.05) is 13.7 Å². The summed E-state index contributed by atoms with van der Waals surface area (Å²) in [7, 11) is 1.72. The van der Waals surface area contributed by atoms with Gasteiger partial charge < -0.3 is 10.1 Å². The maximum absolute atomic E-state index is 6.04. The molecule has 0 bridgehead atoms. The van der Waals surface area contributed by atoms with Crippen molar-refractivity contribution >= 4 is 11.6 Å². The van der Waals surface area contributed by atoms with Crippen LogP contribution in [0.3, 0.4) is 0 Å². The van der Waals surface area contributed by atoms with Gasteiger partial charge in [0.05, 0.1) is 7.11 Å². The summed E-state index contributed by atoms with van der Waals surface area (Å²) in [6.07, 6.45) is 5.32. The van der Waals surface area contributed by atoms with Gasteiger partial charge in [-0.25, -0.2) is 0 Å². The van der Waals surface area contributed by atoms with Gasteiger partial charge in [0.2, 0.25) is 0 Å². The Balaban J connectivity index is 2.28. The second-order valence-corrected chi connectivity index (χ2v) is 5.40. The molecule has 0 aromatic heterocycles. The monoisotopic (exact) mass is 267 g/mol. The van der Waals surface area contributed by atoms with Crippen LogP contribution in [0.4, 0.5) is 0 Å². The predicted octanol–water partition coefficient (Wildman–Crippen LogP) is 4.19. The van der Waals surface area contributed by atoms with E-state index < -0.39 is 0 Å². The fraction of sp³-hybridized carbons (Fsp3) is 0.600. The van der Waals surface area contributed by atoms with Crippen molar-refractivity contribution in [3.8, 4) is 5.75 Å². The Hall–Kier alpha value is -0.730. The average Bonchev–Trinajstić information content (AvgIpc) is 2.90. The molecule has 100 valence electrons. The van der Waals surface area contributed by atoms with E-state index in [0.717, 1.165) is 23.2 Å². The quantitative estimate of drug-likeness (QED) is 0.864. The van der Waals surface area contributed by atoms with Crippen molar-refractivity contribution in [2.24, 2.45) is 5.92 Å². The first-order chi connectivity index (χ1) is 8.76. The van der Waals surface area contributed by atoms with Gasteiger partial charge in [0.15, 0.2) is 0 Å². The van der Waals surface area contributed by atoms with Crippen molar-refractivity contribution in [2.45, 2.75) is 38.6 Å². The molecule has 0 aliphatic heterocycles. The van der Waals surface area contributed by atoms with Crippen LogP contribution in [0.1, 0.15) is 44.2 Å². The summed E-state index contributed by atoms with van der Waals surface area (Å²) in [4.78, 5) is 0. The lowest BCUT2D eigenvalue weighted by Gasteiger charge is -2.26. The van der Waals surface area contributed by atoms with E-state index in [9.17, 15) is 0 Å². The van der Waals surface area contributed by atoms with Gasteiger partial charge in [0.1, 0.15) is 5.75 Å². The highest BCUT2D eigenvalue weighted by molar-refractivity contribution is 6.30. The second-order valence-electron chi connectivity index (χ2n) is 4.97. The van der Waals surface area contributed by atoms with E-state index in [1.807, 2.05) is 12.1 Å². The van der Waals surface area contributed by atoms with Crippen LogP contribution in [0.15, 0.2) is 18.2 Å². The number of hydrogen-bond donors (Lipinski definition) is 1. The van der Waals surface area contributed by atoms with E-state index in [-0.39, 0.29) is 0 Å². The average molecular weight is 268 g/mol. The Labute approximate surface area is 115 Å². The second kappa shape index (κ2) is 6.44. The van der Waals surface area contributed by atoms with E-state index in [1.165, 1.54) is 31.2 Å². The Morgan fingerprint density at radius 3 is 2.72 bits per heavy atom. The first-order valence-electron chi connectivity index (χ1n) is 6.83. The Morgan fingerprint density at radius 2 is 2.11 bits per heavy atom. The summed E-state index contributed by atoms with van der Waals surface area (Å²) in [6, 6.07) is 6.37. The molecule has 1 aromatic carbocycles. The third-order valence-corrected chi connectivity index (χ3v) is 4.06. The minimum atomic E-state index is 0.393. The SMILES string of the molecule is CCNC(c1ccc(Cl)cc1OC)C1CCCC1. The van der Waals surface area contributed by atoms with Crippen molar-refractivity contribution in [1.29, 1.82) is 0 Å². The summed E-state index contributed by atoms with van der Waals surface area (Å²) in [5.41, 5.74) is 1.25. The van der Waals surface area contributed by atoms with Crippen LogP contribution < -0.4 is 10.1 Å². The molecule has 2 rings (SSSR count). The fourth-order valence-corrected chi connectivity index (χ4v) is 3.15. The smallest absolute Gasteiger partial charge is 0.125 e. The predicted molar refractivity (Wildman–Crippen MR) is 76.4 cm³/mol. The molecule has 1 unspecified atom stereocenters. The molecule has 0 spiro atoms. The summed E-state index contributed by atoms with van der Waals surface area (Å²) in [6.45, 7) is 3.14. The number of methoxy groups -OCH3 is 1. The third-order valence-electron chi connectivity index (χ3n) is 3.83. The highest BCUT2D eigenvalue weighted by atomic mass is 35.5. The van der Waals surface area contributed by atoms with Crippen LogP contribution in [0, 0.1) is 5.92 Å². The summed E-state index contributed by atoms with van der Waals surface area (Å²) < 4.78 is 5.49. The Bertz CT molecular complexity index is 388. The number of halogens is 1. The molecule has 1 saturated carbocycles. The van der Waals surface area contributed by atoms with Crippen molar-refractivity contribution < 1.29 is 4.74 Å². The molecule has 3 heteroatoms. The van der Waals surface area contributed by atoms with Crippen molar-refractivity contribution in [3.05, 3.63) is 28.8 Å². The van der Waals surface area contributed by atoms with Crippen LogP contribution in [-0.4, -0.2) is 13.7 Å². The lowest BCUT2D eigenvalue weighted by atomic mass is 9.91. The van der Waals surface area contributed by atoms with Gasteiger partial charge in [-0.05, 0) is 37.4 Å². The number of rotatable bonds is 5. The van der Waals surface area contributed by atoms with Gasteiger partial charge in [-0.2, -0.15) is 0 Å². The molecule has 0 amide bonds. The molecular formula is C15H22ClNO. The molecule has 1 atom stereocenters. The highest BCUT2D eigenvalue weighted by Crippen LogP contribution is 2.39. The summed E-state index contributed by atoms with van der Waals surface area (Å²) in [5, 5.41) is 4.35. The zero-order valence-corrected chi connectivity index (χ0v) is 12.0. The zero-order chi connectivity index (χ0) is 13.0. The van der Waals surface area contributed by atoms with E-state index in [1.54, 1.807) is 7.11 Å².